The average molecular weight is 406 g/mol. The van der Waals surface area contributed by atoms with E-state index >= 15 is 0 Å². The van der Waals surface area contributed by atoms with Gasteiger partial charge in [0.25, 0.3) is 5.91 Å². The molecule has 3 nitrogen and oxygen atoms in total. The molecule has 22 heavy (non-hydrogen) atoms. The lowest BCUT2D eigenvalue weighted by molar-refractivity contribution is 0.0628. The Hall–Kier alpha value is -1.40. The third kappa shape index (κ3) is 3.87. The first-order valence-corrected chi connectivity index (χ1v) is 8.61. The van der Waals surface area contributed by atoms with Crippen LogP contribution in [-0.4, -0.2) is 41.9 Å². The van der Waals surface area contributed by atoms with Crippen molar-refractivity contribution in [2.75, 3.05) is 26.2 Å². The number of halogens is 1. The summed E-state index contributed by atoms with van der Waals surface area (Å²) in [4.78, 5) is 16.8. The van der Waals surface area contributed by atoms with Crippen LogP contribution in [0.3, 0.4) is 0 Å². The van der Waals surface area contributed by atoms with Gasteiger partial charge in [0.15, 0.2) is 0 Å². The smallest absolute Gasteiger partial charge is 0.253 e. The van der Waals surface area contributed by atoms with Gasteiger partial charge in [-0.25, -0.2) is 0 Å². The number of hydrogen-bond acceptors (Lipinski definition) is 2. The number of piperazine rings is 1. The normalized spacial score (nSPS) is 15.8. The number of carbonyl (C=O) groups is 1. The fourth-order valence-electron chi connectivity index (χ4n) is 2.77. The van der Waals surface area contributed by atoms with Crippen molar-refractivity contribution in [2.45, 2.75) is 6.54 Å². The summed E-state index contributed by atoms with van der Waals surface area (Å²) >= 11 is 2.35. The zero-order valence-corrected chi connectivity index (χ0v) is 14.6. The lowest BCUT2D eigenvalue weighted by atomic mass is 10.1. The van der Waals surface area contributed by atoms with Crippen molar-refractivity contribution in [3.05, 3.63) is 69.3 Å². The first-order chi connectivity index (χ1) is 10.7. The van der Waals surface area contributed by atoms with E-state index in [1.807, 2.05) is 35.2 Å². The Balaban J connectivity index is 1.55. The number of carbonyl (C=O) groups excluding carboxylic acids is 1. The summed E-state index contributed by atoms with van der Waals surface area (Å²) in [6.45, 7) is 4.44. The van der Waals surface area contributed by atoms with E-state index in [4.69, 9.17) is 0 Å². The van der Waals surface area contributed by atoms with Gasteiger partial charge in [-0.3, -0.25) is 9.69 Å². The highest BCUT2D eigenvalue weighted by Crippen LogP contribution is 2.13. The highest BCUT2D eigenvalue weighted by atomic mass is 127. The van der Waals surface area contributed by atoms with E-state index in [1.54, 1.807) is 0 Å². The molecule has 0 atom stereocenters. The molecule has 0 radical (unpaired) electrons. The molecule has 4 heteroatoms. The van der Waals surface area contributed by atoms with Gasteiger partial charge in [0.2, 0.25) is 0 Å². The van der Waals surface area contributed by atoms with Gasteiger partial charge in [-0.15, -0.1) is 0 Å². The molecule has 1 aliphatic heterocycles. The molecular formula is C18H19IN2O. The van der Waals surface area contributed by atoms with E-state index in [0.29, 0.717) is 0 Å². The zero-order valence-electron chi connectivity index (χ0n) is 12.4. The number of rotatable bonds is 3. The second-order valence-electron chi connectivity index (χ2n) is 5.56. The maximum Gasteiger partial charge on any atom is 0.253 e. The molecule has 0 spiro atoms. The molecule has 114 valence electrons. The van der Waals surface area contributed by atoms with Gasteiger partial charge in [-0.1, -0.05) is 30.3 Å². The minimum atomic E-state index is 0.148. The molecule has 0 unspecified atom stereocenters. The van der Waals surface area contributed by atoms with Crippen LogP contribution in [0.2, 0.25) is 0 Å². The molecule has 1 saturated heterocycles. The van der Waals surface area contributed by atoms with Crippen LogP contribution in [0.1, 0.15) is 15.9 Å². The standard InChI is InChI=1S/C18H19IN2O/c19-17-8-4-5-15(13-17)14-20-9-11-21(12-10-20)18(22)16-6-2-1-3-7-16/h1-8,13H,9-12,14H2. The summed E-state index contributed by atoms with van der Waals surface area (Å²) in [5.74, 6) is 0.148. The quantitative estimate of drug-likeness (QED) is 0.731. The van der Waals surface area contributed by atoms with Crippen molar-refractivity contribution < 1.29 is 4.79 Å². The van der Waals surface area contributed by atoms with Gasteiger partial charge in [-0.2, -0.15) is 0 Å². The van der Waals surface area contributed by atoms with Crippen molar-refractivity contribution >= 4 is 28.5 Å². The first-order valence-electron chi connectivity index (χ1n) is 7.53. The van der Waals surface area contributed by atoms with Crippen molar-refractivity contribution in [3.8, 4) is 0 Å². The summed E-state index contributed by atoms with van der Waals surface area (Å²) in [6.07, 6.45) is 0. The highest BCUT2D eigenvalue weighted by molar-refractivity contribution is 14.1. The van der Waals surface area contributed by atoms with Gasteiger partial charge >= 0.3 is 0 Å². The molecule has 2 aromatic carbocycles. The Morgan fingerprint density at radius 3 is 2.36 bits per heavy atom. The second kappa shape index (κ2) is 7.24. The summed E-state index contributed by atoms with van der Waals surface area (Å²) in [5, 5.41) is 0. The van der Waals surface area contributed by atoms with E-state index in [1.165, 1.54) is 9.13 Å². The van der Waals surface area contributed by atoms with Crippen molar-refractivity contribution in [2.24, 2.45) is 0 Å². The van der Waals surface area contributed by atoms with Crippen molar-refractivity contribution in [3.63, 3.8) is 0 Å². The van der Waals surface area contributed by atoms with Gasteiger partial charge in [-0.05, 0) is 52.4 Å². The topological polar surface area (TPSA) is 23.6 Å². The fraction of sp³-hybridized carbons (Fsp3) is 0.278. The SMILES string of the molecule is O=C(c1ccccc1)N1CCN(Cc2cccc(I)c2)CC1. The molecule has 0 aliphatic carbocycles. The molecule has 2 aromatic rings. The van der Waals surface area contributed by atoms with E-state index < -0.39 is 0 Å². The minimum Gasteiger partial charge on any atom is -0.336 e. The molecular weight excluding hydrogens is 387 g/mol. The summed E-state index contributed by atoms with van der Waals surface area (Å²) in [6, 6.07) is 18.2. The summed E-state index contributed by atoms with van der Waals surface area (Å²) < 4.78 is 1.27. The second-order valence-corrected chi connectivity index (χ2v) is 6.81. The van der Waals surface area contributed by atoms with E-state index in [-0.39, 0.29) is 5.91 Å². The lowest BCUT2D eigenvalue weighted by Crippen LogP contribution is -2.48. The van der Waals surface area contributed by atoms with Crippen LogP contribution >= 0.6 is 22.6 Å². The molecule has 0 aromatic heterocycles. The third-order valence-corrected chi connectivity index (χ3v) is 4.65. The largest absolute Gasteiger partial charge is 0.336 e. The van der Waals surface area contributed by atoms with Crippen LogP contribution in [0.25, 0.3) is 0 Å². The molecule has 1 heterocycles. The van der Waals surface area contributed by atoms with Crippen molar-refractivity contribution in [1.29, 1.82) is 0 Å². The van der Waals surface area contributed by atoms with E-state index in [9.17, 15) is 4.79 Å². The monoisotopic (exact) mass is 406 g/mol. The van der Waals surface area contributed by atoms with Crippen molar-refractivity contribution in [1.82, 2.24) is 9.80 Å². The van der Waals surface area contributed by atoms with Crippen LogP contribution in [0.5, 0.6) is 0 Å². The number of nitrogens with zero attached hydrogens (tertiary/aromatic N) is 2. The van der Waals surface area contributed by atoms with Gasteiger partial charge in [0.1, 0.15) is 0 Å². The maximum absolute atomic E-state index is 12.4. The molecule has 0 bridgehead atoms. The molecule has 3 rings (SSSR count). The van der Waals surface area contributed by atoms with Gasteiger partial charge < -0.3 is 4.90 Å². The Labute approximate surface area is 145 Å². The van der Waals surface area contributed by atoms with E-state index in [0.717, 1.165) is 38.3 Å². The highest BCUT2D eigenvalue weighted by Gasteiger charge is 2.21. The Morgan fingerprint density at radius 1 is 0.955 bits per heavy atom. The van der Waals surface area contributed by atoms with Crippen LogP contribution in [0.4, 0.5) is 0 Å². The average Bonchev–Trinajstić information content (AvgIpc) is 2.56. The maximum atomic E-state index is 12.4. The van der Waals surface area contributed by atoms with Crippen LogP contribution in [0, 0.1) is 3.57 Å². The summed E-state index contributed by atoms with van der Waals surface area (Å²) in [7, 11) is 0. The number of hydrogen-bond donors (Lipinski definition) is 0. The van der Waals surface area contributed by atoms with Crippen LogP contribution in [-0.2, 0) is 6.54 Å². The first kappa shape index (κ1) is 15.5. The lowest BCUT2D eigenvalue weighted by Gasteiger charge is -2.34. The molecule has 1 amide bonds. The summed E-state index contributed by atoms with van der Waals surface area (Å²) in [5.41, 5.74) is 2.13. The third-order valence-electron chi connectivity index (χ3n) is 3.98. The van der Waals surface area contributed by atoms with Gasteiger partial charge in [0, 0.05) is 41.9 Å². The minimum absolute atomic E-state index is 0.148. The Bertz CT molecular complexity index is 637. The van der Waals surface area contributed by atoms with Crippen LogP contribution < -0.4 is 0 Å². The number of amides is 1. The fourth-order valence-corrected chi connectivity index (χ4v) is 3.37. The Morgan fingerprint density at radius 2 is 1.68 bits per heavy atom. The van der Waals surface area contributed by atoms with E-state index in [2.05, 4.69) is 51.8 Å². The zero-order chi connectivity index (χ0) is 15.4. The molecule has 0 N–H and O–H groups in total. The predicted octanol–water partition coefficient (Wildman–Crippen LogP) is 3.25. The van der Waals surface area contributed by atoms with Gasteiger partial charge in [0.05, 0.1) is 0 Å². The Kier molecular flexibility index (Phi) is 5.10. The van der Waals surface area contributed by atoms with Crippen LogP contribution in [0.15, 0.2) is 54.6 Å². The molecule has 1 fully saturated rings. The molecule has 1 aliphatic rings. The number of benzene rings is 2. The predicted molar refractivity (Wildman–Crippen MR) is 96.8 cm³/mol. The molecule has 0 saturated carbocycles.